The Morgan fingerprint density at radius 1 is 1.35 bits per heavy atom. The second-order valence-corrected chi connectivity index (χ2v) is 6.25. The third-order valence-electron chi connectivity index (χ3n) is 3.51. The number of halogens is 3. The van der Waals surface area contributed by atoms with Crippen molar-refractivity contribution in [3.8, 4) is 0 Å². The topological polar surface area (TPSA) is 41.1 Å². The third kappa shape index (κ3) is 4.01. The maximum absolute atomic E-state index is 12.2. The molecule has 1 aliphatic heterocycles. The van der Waals surface area contributed by atoms with Crippen molar-refractivity contribution in [2.24, 2.45) is 5.92 Å². The summed E-state index contributed by atoms with van der Waals surface area (Å²) in [6.07, 6.45) is 0.892. The first-order chi connectivity index (χ1) is 8.90. The largest absolute Gasteiger partial charge is 0.347 e. The van der Waals surface area contributed by atoms with Crippen LogP contribution in [-0.4, -0.2) is 19.0 Å². The molecule has 0 saturated carbocycles. The Labute approximate surface area is 135 Å². The second-order valence-electron chi connectivity index (χ2n) is 5.43. The predicted octanol–water partition coefficient (Wildman–Crippen LogP) is 3.38. The summed E-state index contributed by atoms with van der Waals surface area (Å²) in [4.78, 5) is 12.2. The van der Waals surface area contributed by atoms with Crippen LogP contribution < -0.4 is 10.6 Å². The van der Waals surface area contributed by atoms with Crippen molar-refractivity contribution in [1.82, 2.24) is 10.6 Å². The van der Waals surface area contributed by atoms with Gasteiger partial charge in [-0.15, -0.1) is 12.4 Å². The van der Waals surface area contributed by atoms with E-state index in [1.807, 2.05) is 19.9 Å². The molecule has 0 bridgehead atoms. The molecule has 112 valence electrons. The number of amides is 1. The van der Waals surface area contributed by atoms with E-state index in [2.05, 4.69) is 10.6 Å². The number of benzene rings is 1. The molecule has 0 aliphatic carbocycles. The van der Waals surface area contributed by atoms with E-state index >= 15 is 0 Å². The molecule has 2 rings (SSSR count). The van der Waals surface area contributed by atoms with Crippen molar-refractivity contribution in [3.05, 3.63) is 33.8 Å². The highest BCUT2D eigenvalue weighted by molar-refractivity contribution is 6.42. The number of hydrogen-bond donors (Lipinski definition) is 2. The highest BCUT2D eigenvalue weighted by Gasteiger charge is 2.29. The van der Waals surface area contributed by atoms with Crippen LogP contribution >= 0.6 is 35.6 Å². The van der Waals surface area contributed by atoms with Crippen LogP contribution in [0.2, 0.25) is 10.0 Å². The lowest BCUT2D eigenvalue weighted by molar-refractivity contribution is -0.126. The Bertz CT molecular complexity index is 485. The van der Waals surface area contributed by atoms with Crippen LogP contribution in [0.1, 0.15) is 25.8 Å². The number of hydrogen-bond acceptors (Lipinski definition) is 2. The van der Waals surface area contributed by atoms with E-state index in [1.54, 1.807) is 12.1 Å². The van der Waals surface area contributed by atoms with Gasteiger partial charge in [0, 0.05) is 6.54 Å². The molecule has 2 N–H and O–H groups in total. The van der Waals surface area contributed by atoms with Crippen molar-refractivity contribution in [2.45, 2.75) is 25.8 Å². The van der Waals surface area contributed by atoms with E-state index in [1.165, 1.54) is 0 Å². The third-order valence-corrected chi connectivity index (χ3v) is 4.25. The van der Waals surface area contributed by atoms with E-state index in [-0.39, 0.29) is 24.2 Å². The fourth-order valence-corrected chi connectivity index (χ4v) is 2.54. The van der Waals surface area contributed by atoms with Crippen molar-refractivity contribution in [3.63, 3.8) is 0 Å². The van der Waals surface area contributed by atoms with Crippen LogP contribution in [0.3, 0.4) is 0 Å². The molecule has 1 fully saturated rings. The summed E-state index contributed by atoms with van der Waals surface area (Å²) in [5, 5.41) is 7.30. The molecule has 3 nitrogen and oxygen atoms in total. The molecule has 1 aromatic rings. The molecule has 0 aromatic heterocycles. The first-order valence-corrected chi connectivity index (χ1v) is 7.14. The molecule has 1 aliphatic rings. The molecule has 0 spiro atoms. The van der Waals surface area contributed by atoms with Crippen LogP contribution in [0, 0.1) is 5.92 Å². The van der Waals surface area contributed by atoms with Crippen LogP contribution in [0.25, 0.3) is 0 Å². The molecular formula is C14H19Cl3N2O. The van der Waals surface area contributed by atoms with Gasteiger partial charge in [-0.05, 0) is 44.5 Å². The highest BCUT2D eigenvalue weighted by atomic mass is 35.5. The first kappa shape index (κ1) is 17.6. The zero-order chi connectivity index (χ0) is 14.0. The Hall–Kier alpha value is -0.480. The van der Waals surface area contributed by atoms with Gasteiger partial charge in [-0.25, -0.2) is 0 Å². The molecule has 20 heavy (non-hydrogen) atoms. The number of carbonyl (C=O) groups is 1. The molecule has 1 unspecified atom stereocenters. The number of rotatable bonds is 3. The Kier molecular flexibility index (Phi) is 6.14. The summed E-state index contributed by atoms with van der Waals surface area (Å²) in [7, 11) is 0. The van der Waals surface area contributed by atoms with Crippen LogP contribution in [0.15, 0.2) is 18.2 Å². The van der Waals surface area contributed by atoms with Gasteiger partial charge in [-0.1, -0.05) is 29.3 Å². The molecule has 1 atom stereocenters. The fourth-order valence-electron chi connectivity index (χ4n) is 2.25. The maximum atomic E-state index is 12.2. The zero-order valence-electron chi connectivity index (χ0n) is 11.5. The van der Waals surface area contributed by atoms with Gasteiger partial charge < -0.3 is 10.6 Å². The summed E-state index contributed by atoms with van der Waals surface area (Å²) >= 11 is 11.9. The average Bonchev–Trinajstić information content (AvgIpc) is 2.85. The van der Waals surface area contributed by atoms with E-state index in [0.717, 1.165) is 25.1 Å². The minimum Gasteiger partial charge on any atom is -0.347 e. The SMILES string of the molecule is CC(C)(NC(=O)C1CCNC1)c1ccc(Cl)c(Cl)c1.Cl. The summed E-state index contributed by atoms with van der Waals surface area (Å²) in [5.74, 6) is 0.142. The van der Waals surface area contributed by atoms with Gasteiger partial charge in [-0.2, -0.15) is 0 Å². The van der Waals surface area contributed by atoms with Crippen molar-refractivity contribution < 1.29 is 4.79 Å². The van der Waals surface area contributed by atoms with Gasteiger partial charge in [0.2, 0.25) is 5.91 Å². The van der Waals surface area contributed by atoms with Gasteiger partial charge in [0.1, 0.15) is 0 Å². The molecule has 1 aromatic carbocycles. The smallest absolute Gasteiger partial charge is 0.225 e. The number of carbonyl (C=O) groups excluding carboxylic acids is 1. The van der Waals surface area contributed by atoms with Gasteiger partial charge >= 0.3 is 0 Å². The summed E-state index contributed by atoms with van der Waals surface area (Å²) in [6.45, 7) is 5.59. The molecule has 1 heterocycles. The van der Waals surface area contributed by atoms with E-state index in [0.29, 0.717) is 10.0 Å². The maximum Gasteiger partial charge on any atom is 0.225 e. The first-order valence-electron chi connectivity index (χ1n) is 6.38. The Morgan fingerprint density at radius 2 is 2.05 bits per heavy atom. The molecular weight excluding hydrogens is 319 g/mol. The number of nitrogens with one attached hydrogen (secondary N) is 2. The lowest BCUT2D eigenvalue weighted by atomic mass is 9.93. The zero-order valence-corrected chi connectivity index (χ0v) is 13.8. The lowest BCUT2D eigenvalue weighted by Crippen LogP contribution is -2.44. The lowest BCUT2D eigenvalue weighted by Gasteiger charge is -2.28. The summed E-state index contributed by atoms with van der Waals surface area (Å²) in [5.41, 5.74) is 0.481. The second kappa shape index (κ2) is 6.99. The molecule has 0 radical (unpaired) electrons. The van der Waals surface area contributed by atoms with E-state index in [9.17, 15) is 4.79 Å². The monoisotopic (exact) mass is 336 g/mol. The Morgan fingerprint density at radius 3 is 2.60 bits per heavy atom. The summed E-state index contributed by atoms with van der Waals surface area (Å²) < 4.78 is 0. The molecule has 1 saturated heterocycles. The average molecular weight is 338 g/mol. The van der Waals surface area contributed by atoms with Gasteiger partial charge in [0.05, 0.1) is 21.5 Å². The van der Waals surface area contributed by atoms with Gasteiger partial charge in [0.25, 0.3) is 0 Å². The molecule has 1 amide bonds. The van der Waals surface area contributed by atoms with Crippen molar-refractivity contribution in [1.29, 1.82) is 0 Å². The highest BCUT2D eigenvalue weighted by Crippen LogP contribution is 2.28. The van der Waals surface area contributed by atoms with Crippen LogP contribution in [0.5, 0.6) is 0 Å². The normalized spacial score (nSPS) is 18.5. The van der Waals surface area contributed by atoms with E-state index < -0.39 is 5.54 Å². The van der Waals surface area contributed by atoms with Crippen molar-refractivity contribution >= 4 is 41.5 Å². The van der Waals surface area contributed by atoms with E-state index in [4.69, 9.17) is 23.2 Å². The van der Waals surface area contributed by atoms with Crippen LogP contribution in [0.4, 0.5) is 0 Å². The minimum absolute atomic E-state index is 0. The standard InChI is InChI=1S/C14H18Cl2N2O.ClH/c1-14(2,10-3-4-11(15)12(16)7-10)18-13(19)9-5-6-17-8-9;/h3-4,7,9,17H,5-6,8H2,1-2H3,(H,18,19);1H. The van der Waals surface area contributed by atoms with Crippen LogP contribution in [-0.2, 0) is 10.3 Å². The van der Waals surface area contributed by atoms with Gasteiger partial charge in [0.15, 0.2) is 0 Å². The minimum atomic E-state index is -0.464. The fraction of sp³-hybridized carbons (Fsp3) is 0.500. The van der Waals surface area contributed by atoms with Gasteiger partial charge in [-0.3, -0.25) is 4.79 Å². The predicted molar refractivity (Wildman–Crippen MR) is 85.9 cm³/mol. The Balaban J connectivity index is 0.00000200. The van der Waals surface area contributed by atoms with Crippen molar-refractivity contribution in [2.75, 3.05) is 13.1 Å². The molecule has 6 heteroatoms. The summed E-state index contributed by atoms with van der Waals surface area (Å²) in [6, 6.07) is 5.45. The quantitative estimate of drug-likeness (QED) is 0.888.